The number of carbonyl (C=O) groups is 1. The van der Waals surface area contributed by atoms with Gasteiger partial charge in [0, 0.05) is 33.7 Å². The molecule has 0 radical (unpaired) electrons. The second kappa shape index (κ2) is 7.34. The monoisotopic (exact) mass is 373 g/mol. The number of aryl methyl sites for hydroxylation is 1. The second-order valence-corrected chi connectivity index (χ2v) is 6.59. The van der Waals surface area contributed by atoms with Crippen molar-refractivity contribution in [3.8, 4) is 11.4 Å². The maximum Gasteiger partial charge on any atom is 0.202 e. The van der Waals surface area contributed by atoms with E-state index in [0.717, 1.165) is 17.1 Å². The van der Waals surface area contributed by atoms with Crippen molar-refractivity contribution in [3.63, 3.8) is 0 Å². The fraction of sp³-hybridized carbons (Fsp3) is 0.150. The lowest BCUT2D eigenvalue weighted by Crippen LogP contribution is -2.13. The number of para-hydroxylation sites is 1. The minimum Gasteiger partial charge on any atom is -0.484 e. The average Bonchev–Trinajstić information content (AvgIpc) is 2.90. The van der Waals surface area contributed by atoms with E-state index in [1.165, 1.54) is 0 Å². The molecule has 0 aliphatic heterocycles. The van der Waals surface area contributed by atoms with Gasteiger partial charge in [-0.1, -0.05) is 41.4 Å². The number of halogens is 2. The number of nitrogens with zero attached hydrogens (tertiary/aromatic N) is 1. The van der Waals surface area contributed by atoms with E-state index in [2.05, 4.69) is 4.57 Å². The minimum absolute atomic E-state index is 0.0981. The fourth-order valence-corrected chi connectivity index (χ4v) is 3.16. The minimum atomic E-state index is -0.105. The van der Waals surface area contributed by atoms with Crippen LogP contribution in [0.2, 0.25) is 10.0 Å². The molecule has 3 aromatic rings. The fourth-order valence-electron chi connectivity index (χ4n) is 2.83. The number of rotatable bonds is 5. The lowest BCUT2D eigenvalue weighted by atomic mass is 10.1. The van der Waals surface area contributed by atoms with Gasteiger partial charge in [-0.3, -0.25) is 4.79 Å². The molecule has 0 amide bonds. The van der Waals surface area contributed by atoms with Crippen molar-refractivity contribution in [2.75, 3.05) is 6.61 Å². The lowest BCUT2D eigenvalue weighted by molar-refractivity contribution is 0.0921. The summed E-state index contributed by atoms with van der Waals surface area (Å²) in [7, 11) is 0. The van der Waals surface area contributed by atoms with Crippen molar-refractivity contribution in [3.05, 3.63) is 81.6 Å². The third-order valence-electron chi connectivity index (χ3n) is 4.00. The van der Waals surface area contributed by atoms with Gasteiger partial charge in [-0.05, 0) is 44.2 Å². The van der Waals surface area contributed by atoms with Gasteiger partial charge in [0.1, 0.15) is 5.75 Å². The molecule has 128 valence electrons. The van der Waals surface area contributed by atoms with Crippen LogP contribution in [0.5, 0.6) is 5.75 Å². The summed E-state index contributed by atoms with van der Waals surface area (Å²) >= 11 is 12.0. The zero-order chi connectivity index (χ0) is 18.0. The van der Waals surface area contributed by atoms with E-state index in [1.807, 2.05) is 50.2 Å². The number of ether oxygens (including phenoxy) is 1. The highest BCUT2D eigenvalue weighted by atomic mass is 35.5. The number of hydrogen-bond acceptors (Lipinski definition) is 2. The Bertz CT molecular complexity index is 917. The van der Waals surface area contributed by atoms with E-state index in [0.29, 0.717) is 21.4 Å². The van der Waals surface area contributed by atoms with Crippen LogP contribution in [-0.2, 0) is 0 Å². The van der Waals surface area contributed by atoms with Crippen LogP contribution in [0, 0.1) is 13.8 Å². The standard InChI is InChI=1S/C20H17Cl2NO2/c1-13-10-17(14(2)23(13)16-6-4-3-5-7-16)19(24)12-25-20-11-15(21)8-9-18(20)22/h3-11H,12H2,1-2H3. The SMILES string of the molecule is Cc1cc(C(=O)COc2cc(Cl)ccc2Cl)c(C)n1-c1ccccc1. The van der Waals surface area contributed by atoms with Crippen LogP contribution in [0.15, 0.2) is 54.6 Å². The molecule has 0 fully saturated rings. The van der Waals surface area contributed by atoms with Crippen molar-refractivity contribution in [1.82, 2.24) is 4.57 Å². The summed E-state index contributed by atoms with van der Waals surface area (Å²) in [6.45, 7) is 3.81. The molecule has 3 nitrogen and oxygen atoms in total. The molecular weight excluding hydrogens is 357 g/mol. The molecule has 0 unspecified atom stereocenters. The van der Waals surface area contributed by atoms with Crippen LogP contribution in [-0.4, -0.2) is 17.0 Å². The Hall–Kier alpha value is -2.23. The van der Waals surface area contributed by atoms with Crippen molar-refractivity contribution in [2.24, 2.45) is 0 Å². The summed E-state index contributed by atoms with van der Waals surface area (Å²) in [4.78, 5) is 12.6. The first-order valence-corrected chi connectivity index (χ1v) is 8.58. The molecular formula is C20H17Cl2NO2. The highest BCUT2D eigenvalue weighted by Gasteiger charge is 2.17. The Kier molecular flexibility index (Phi) is 5.16. The van der Waals surface area contributed by atoms with Crippen LogP contribution < -0.4 is 4.74 Å². The Morgan fingerprint density at radius 1 is 1.04 bits per heavy atom. The van der Waals surface area contributed by atoms with Gasteiger partial charge in [0.05, 0.1) is 5.02 Å². The molecule has 0 atom stereocenters. The summed E-state index contributed by atoms with van der Waals surface area (Å²) in [6, 6.07) is 16.7. The van der Waals surface area contributed by atoms with Crippen molar-refractivity contribution in [1.29, 1.82) is 0 Å². The maximum atomic E-state index is 12.6. The van der Waals surface area contributed by atoms with E-state index in [9.17, 15) is 4.79 Å². The third-order valence-corrected chi connectivity index (χ3v) is 4.55. The quantitative estimate of drug-likeness (QED) is 0.540. The first kappa shape index (κ1) is 17.6. The predicted molar refractivity (Wildman–Crippen MR) is 102 cm³/mol. The Labute approximate surface area is 156 Å². The number of Topliss-reactive ketones (excluding diaryl/α,β-unsaturated/α-hetero) is 1. The molecule has 0 aliphatic rings. The molecule has 0 spiro atoms. The van der Waals surface area contributed by atoms with Crippen molar-refractivity contribution >= 4 is 29.0 Å². The molecule has 2 aromatic carbocycles. The Morgan fingerprint density at radius 3 is 2.48 bits per heavy atom. The molecule has 0 aliphatic carbocycles. The zero-order valence-corrected chi connectivity index (χ0v) is 15.4. The zero-order valence-electron chi connectivity index (χ0n) is 13.9. The van der Waals surface area contributed by atoms with Gasteiger partial charge in [-0.25, -0.2) is 0 Å². The van der Waals surface area contributed by atoms with Gasteiger partial charge in [-0.15, -0.1) is 0 Å². The van der Waals surface area contributed by atoms with Crippen molar-refractivity contribution in [2.45, 2.75) is 13.8 Å². The number of benzene rings is 2. The first-order valence-electron chi connectivity index (χ1n) is 7.83. The van der Waals surface area contributed by atoms with E-state index in [1.54, 1.807) is 18.2 Å². The number of ketones is 1. The summed E-state index contributed by atoms with van der Waals surface area (Å²) in [5, 5.41) is 0.932. The molecule has 5 heteroatoms. The first-order chi connectivity index (χ1) is 12.0. The normalized spacial score (nSPS) is 10.7. The van der Waals surface area contributed by atoms with E-state index < -0.39 is 0 Å². The smallest absolute Gasteiger partial charge is 0.202 e. The average molecular weight is 374 g/mol. The number of hydrogen-bond donors (Lipinski definition) is 0. The Morgan fingerprint density at radius 2 is 1.76 bits per heavy atom. The molecule has 1 heterocycles. The molecule has 0 saturated heterocycles. The van der Waals surface area contributed by atoms with Gasteiger partial charge >= 0.3 is 0 Å². The molecule has 1 aromatic heterocycles. The summed E-state index contributed by atoms with van der Waals surface area (Å²) in [5.74, 6) is 0.297. The van der Waals surface area contributed by atoms with Gasteiger partial charge in [0.25, 0.3) is 0 Å². The van der Waals surface area contributed by atoms with Gasteiger partial charge in [0.15, 0.2) is 6.61 Å². The Balaban J connectivity index is 1.83. The third kappa shape index (κ3) is 3.73. The van der Waals surface area contributed by atoms with Crippen LogP contribution in [0.4, 0.5) is 0 Å². The van der Waals surface area contributed by atoms with Crippen molar-refractivity contribution < 1.29 is 9.53 Å². The van der Waals surface area contributed by atoms with E-state index >= 15 is 0 Å². The van der Waals surface area contributed by atoms with E-state index in [4.69, 9.17) is 27.9 Å². The van der Waals surface area contributed by atoms with Gasteiger partial charge < -0.3 is 9.30 Å². The highest BCUT2D eigenvalue weighted by molar-refractivity contribution is 6.34. The molecule has 3 rings (SSSR count). The van der Waals surface area contributed by atoms with Gasteiger partial charge in [-0.2, -0.15) is 0 Å². The van der Waals surface area contributed by atoms with Gasteiger partial charge in [0.2, 0.25) is 5.78 Å². The summed E-state index contributed by atoms with van der Waals surface area (Å²) < 4.78 is 7.62. The molecule has 0 saturated carbocycles. The molecule has 0 N–H and O–H groups in total. The summed E-state index contributed by atoms with van der Waals surface area (Å²) in [6.07, 6.45) is 0. The molecule has 25 heavy (non-hydrogen) atoms. The highest BCUT2D eigenvalue weighted by Crippen LogP contribution is 2.28. The lowest BCUT2D eigenvalue weighted by Gasteiger charge is -2.10. The topological polar surface area (TPSA) is 31.2 Å². The number of carbonyl (C=O) groups excluding carboxylic acids is 1. The number of aromatic nitrogens is 1. The van der Waals surface area contributed by atoms with Crippen LogP contribution >= 0.6 is 23.2 Å². The summed E-state index contributed by atoms with van der Waals surface area (Å²) in [5.41, 5.74) is 3.54. The largest absolute Gasteiger partial charge is 0.484 e. The van der Waals surface area contributed by atoms with Crippen LogP contribution in [0.3, 0.4) is 0 Å². The van der Waals surface area contributed by atoms with Crippen LogP contribution in [0.1, 0.15) is 21.7 Å². The predicted octanol–water partition coefficient (Wildman–Crippen LogP) is 5.66. The van der Waals surface area contributed by atoms with E-state index in [-0.39, 0.29) is 12.4 Å². The second-order valence-electron chi connectivity index (χ2n) is 5.74. The van der Waals surface area contributed by atoms with Crippen LogP contribution in [0.25, 0.3) is 5.69 Å². The molecule has 0 bridgehead atoms. The maximum absolute atomic E-state index is 12.6.